The van der Waals surface area contributed by atoms with Crippen LogP contribution in [0.2, 0.25) is 0 Å². The van der Waals surface area contributed by atoms with E-state index in [9.17, 15) is 9.59 Å². The van der Waals surface area contributed by atoms with Gasteiger partial charge in [-0.1, -0.05) is 0 Å². The zero-order chi connectivity index (χ0) is 9.68. The van der Waals surface area contributed by atoms with Crippen LogP contribution in [0.1, 0.15) is 26.3 Å². The number of aldehydes is 2. The van der Waals surface area contributed by atoms with Gasteiger partial charge in [0.05, 0.1) is 0 Å². The monoisotopic (exact) mass is 177 g/mol. The molecule has 0 aliphatic carbocycles. The molecule has 0 unspecified atom stereocenters. The summed E-state index contributed by atoms with van der Waals surface area (Å²) in [6.07, 6.45) is 1.48. The highest BCUT2D eigenvalue weighted by atomic mass is 16.1. The minimum absolute atomic E-state index is 0.537. The molecule has 0 aromatic heterocycles. The van der Waals surface area contributed by atoms with Gasteiger partial charge < -0.3 is 5.32 Å². The van der Waals surface area contributed by atoms with Crippen LogP contribution in [0.15, 0.2) is 18.2 Å². The Balaban J connectivity index is 3.06. The zero-order valence-electron chi connectivity index (χ0n) is 7.41. The number of carbonyl (C=O) groups excluding carboxylic acids is 2. The fraction of sp³-hybridized carbons (Fsp3) is 0.200. The third kappa shape index (κ3) is 2.49. The van der Waals surface area contributed by atoms with Crippen molar-refractivity contribution in [2.24, 2.45) is 0 Å². The van der Waals surface area contributed by atoms with E-state index in [0.717, 1.165) is 18.1 Å². The fourth-order valence-corrected chi connectivity index (χ4v) is 1.19. The molecular weight excluding hydrogens is 166 g/mol. The maximum absolute atomic E-state index is 10.5. The Labute approximate surface area is 76.8 Å². The highest BCUT2D eigenvalue weighted by Gasteiger charge is 1.98. The lowest BCUT2D eigenvalue weighted by molar-refractivity contribution is 0.112. The first-order valence-corrected chi connectivity index (χ1v) is 3.99. The standard InChI is InChI=1S/C10H11NO2/c1-11-5-8-2-9(6-12)4-10(3-8)7-13/h2-4,6-7,11H,5H2,1H3. The van der Waals surface area contributed by atoms with E-state index in [0.29, 0.717) is 17.7 Å². The van der Waals surface area contributed by atoms with Gasteiger partial charge in [0.25, 0.3) is 0 Å². The summed E-state index contributed by atoms with van der Waals surface area (Å²) < 4.78 is 0. The Kier molecular flexibility index (Phi) is 3.34. The molecule has 13 heavy (non-hydrogen) atoms. The second-order valence-electron chi connectivity index (χ2n) is 2.77. The quantitative estimate of drug-likeness (QED) is 0.699. The Bertz CT molecular complexity index is 294. The maximum Gasteiger partial charge on any atom is 0.150 e. The predicted molar refractivity (Wildman–Crippen MR) is 50.0 cm³/mol. The maximum atomic E-state index is 10.5. The lowest BCUT2D eigenvalue weighted by Crippen LogP contribution is -2.06. The molecule has 1 N–H and O–H groups in total. The molecule has 0 aliphatic heterocycles. The van der Waals surface area contributed by atoms with Gasteiger partial charge in [0, 0.05) is 17.7 Å². The van der Waals surface area contributed by atoms with Gasteiger partial charge in [0.1, 0.15) is 12.6 Å². The van der Waals surface area contributed by atoms with Crippen molar-refractivity contribution in [3.05, 3.63) is 34.9 Å². The van der Waals surface area contributed by atoms with E-state index in [1.807, 2.05) is 7.05 Å². The van der Waals surface area contributed by atoms with E-state index >= 15 is 0 Å². The summed E-state index contributed by atoms with van der Waals surface area (Å²) >= 11 is 0. The van der Waals surface area contributed by atoms with E-state index in [4.69, 9.17) is 0 Å². The summed E-state index contributed by atoms with van der Waals surface area (Å²) in [5.41, 5.74) is 2.01. The van der Waals surface area contributed by atoms with Crippen LogP contribution < -0.4 is 5.32 Å². The van der Waals surface area contributed by atoms with Gasteiger partial charge in [-0.05, 0) is 30.8 Å². The number of hydrogen-bond acceptors (Lipinski definition) is 3. The first kappa shape index (κ1) is 9.61. The molecule has 0 spiro atoms. The van der Waals surface area contributed by atoms with Crippen molar-refractivity contribution in [3.8, 4) is 0 Å². The Morgan fingerprint density at radius 1 is 1.15 bits per heavy atom. The molecule has 68 valence electrons. The van der Waals surface area contributed by atoms with Crippen molar-refractivity contribution >= 4 is 12.6 Å². The second-order valence-corrected chi connectivity index (χ2v) is 2.77. The van der Waals surface area contributed by atoms with Crippen LogP contribution >= 0.6 is 0 Å². The van der Waals surface area contributed by atoms with Crippen LogP contribution in [0.3, 0.4) is 0 Å². The molecule has 0 saturated heterocycles. The van der Waals surface area contributed by atoms with Crippen molar-refractivity contribution in [1.82, 2.24) is 5.32 Å². The zero-order valence-corrected chi connectivity index (χ0v) is 7.41. The summed E-state index contributed by atoms with van der Waals surface area (Å²) in [6, 6.07) is 5.09. The summed E-state index contributed by atoms with van der Waals surface area (Å²) in [7, 11) is 1.81. The average molecular weight is 177 g/mol. The Morgan fingerprint density at radius 3 is 2.08 bits per heavy atom. The smallest absolute Gasteiger partial charge is 0.150 e. The predicted octanol–water partition coefficient (Wildman–Crippen LogP) is 1.03. The van der Waals surface area contributed by atoms with Gasteiger partial charge in [0.2, 0.25) is 0 Å². The van der Waals surface area contributed by atoms with Crippen LogP contribution in [0, 0.1) is 0 Å². The average Bonchev–Trinajstić information content (AvgIpc) is 2.17. The minimum Gasteiger partial charge on any atom is -0.316 e. The van der Waals surface area contributed by atoms with Crippen molar-refractivity contribution < 1.29 is 9.59 Å². The normalized spacial score (nSPS) is 9.62. The molecule has 0 bridgehead atoms. The molecule has 1 rings (SSSR count). The molecule has 3 heteroatoms. The second kappa shape index (κ2) is 4.52. The molecule has 1 aromatic carbocycles. The van der Waals surface area contributed by atoms with Crippen LogP contribution in [-0.4, -0.2) is 19.6 Å². The van der Waals surface area contributed by atoms with Crippen LogP contribution in [0.25, 0.3) is 0 Å². The first-order chi connectivity index (χ1) is 6.30. The number of carbonyl (C=O) groups is 2. The van der Waals surface area contributed by atoms with Gasteiger partial charge in [-0.15, -0.1) is 0 Å². The molecule has 0 saturated carbocycles. The molecule has 0 atom stereocenters. The number of nitrogens with one attached hydrogen (secondary N) is 1. The first-order valence-electron chi connectivity index (χ1n) is 3.99. The van der Waals surface area contributed by atoms with Crippen molar-refractivity contribution in [2.45, 2.75) is 6.54 Å². The van der Waals surface area contributed by atoms with Crippen LogP contribution in [0.4, 0.5) is 0 Å². The van der Waals surface area contributed by atoms with E-state index in [1.54, 1.807) is 18.2 Å². The van der Waals surface area contributed by atoms with E-state index < -0.39 is 0 Å². The number of benzene rings is 1. The van der Waals surface area contributed by atoms with Crippen molar-refractivity contribution in [1.29, 1.82) is 0 Å². The molecule has 0 heterocycles. The topological polar surface area (TPSA) is 46.2 Å². The minimum atomic E-state index is 0.537. The molecule has 0 aliphatic rings. The van der Waals surface area contributed by atoms with Gasteiger partial charge in [-0.3, -0.25) is 9.59 Å². The Hall–Kier alpha value is -1.48. The molecule has 3 nitrogen and oxygen atoms in total. The highest BCUT2D eigenvalue weighted by molar-refractivity contribution is 5.82. The van der Waals surface area contributed by atoms with E-state index in [1.165, 1.54) is 0 Å². The lowest BCUT2D eigenvalue weighted by Gasteiger charge is -2.01. The van der Waals surface area contributed by atoms with Crippen molar-refractivity contribution in [2.75, 3.05) is 7.05 Å². The van der Waals surface area contributed by atoms with E-state index in [-0.39, 0.29) is 0 Å². The third-order valence-electron chi connectivity index (χ3n) is 1.69. The third-order valence-corrected chi connectivity index (χ3v) is 1.69. The van der Waals surface area contributed by atoms with Crippen molar-refractivity contribution in [3.63, 3.8) is 0 Å². The van der Waals surface area contributed by atoms with Gasteiger partial charge in [-0.25, -0.2) is 0 Å². The van der Waals surface area contributed by atoms with Crippen LogP contribution in [-0.2, 0) is 6.54 Å². The molecule has 0 radical (unpaired) electrons. The number of hydrogen-bond donors (Lipinski definition) is 1. The lowest BCUT2D eigenvalue weighted by atomic mass is 10.1. The summed E-state index contributed by atoms with van der Waals surface area (Å²) in [5, 5.41) is 2.95. The SMILES string of the molecule is CNCc1cc(C=O)cc(C=O)c1. The molecule has 1 aromatic rings. The summed E-state index contributed by atoms with van der Waals surface area (Å²) in [6.45, 7) is 0.655. The van der Waals surface area contributed by atoms with Gasteiger partial charge in [0.15, 0.2) is 0 Å². The number of rotatable bonds is 4. The van der Waals surface area contributed by atoms with Gasteiger partial charge >= 0.3 is 0 Å². The Morgan fingerprint density at radius 2 is 1.69 bits per heavy atom. The highest BCUT2D eigenvalue weighted by Crippen LogP contribution is 2.07. The van der Waals surface area contributed by atoms with Crippen LogP contribution in [0.5, 0.6) is 0 Å². The molecule has 0 amide bonds. The molecular formula is C10H11NO2. The molecule has 0 fully saturated rings. The van der Waals surface area contributed by atoms with E-state index in [2.05, 4.69) is 5.32 Å². The largest absolute Gasteiger partial charge is 0.316 e. The summed E-state index contributed by atoms with van der Waals surface area (Å²) in [5.74, 6) is 0. The summed E-state index contributed by atoms with van der Waals surface area (Å²) in [4.78, 5) is 21.0. The van der Waals surface area contributed by atoms with Gasteiger partial charge in [-0.2, -0.15) is 0 Å². The fourth-order valence-electron chi connectivity index (χ4n) is 1.19.